The molecule has 0 bridgehead atoms. The Bertz CT molecular complexity index is 309. The van der Waals surface area contributed by atoms with Crippen LogP contribution in [-0.4, -0.2) is 146 Å². The molecule has 0 aliphatic rings. The van der Waals surface area contributed by atoms with Crippen molar-refractivity contribution in [1.82, 2.24) is 0 Å². The molecule has 0 unspecified atom stereocenters. The summed E-state index contributed by atoms with van der Waals surface area (Å²) in [5.74, 6) is -3.80. The molecule has 0 aromatic heterocycles. The maximum Gasteiger partial charge on any atom is 2.00 e. The zero-order valence-corrected chi connectivity index (χ0v) is 14.5. The molecule has 0 fully saturated rings. The van der Waals surface area contributed by atoms with Crippen LogP contribution in [0.1, 0.15) is 0 Å². The predicted molar refractivity (Wildman–Crippen MR) is 69.6 cm³/mol. The Balaban J connectivity index is -0.000000154. The Hall–Kier alpha value is -0.160. The maximum absolute atomic E-state index is 9.85. The van der Waals surface area contributed by atoms with Crippen LogP contribution in [0.3, 0.4) is 0 Å². The third-order valence-electron chi connectivity index (χ3n) is 2.29. The minimum absolute atomic E-state index is 0. The van der Waals surface area contributed by atoms with Crippen molar-refractivity contribution in [2.45, 2.75) is 36.6 Å². The van der Waals surface area contributed by atoms with E-state index in [1.54, 1.807) is 0 Å². The van der Waals surface area contributed by atoms with Gasteiger partial charge < -0.3 is 66.1 Å². The smallest absolute Gasteiger partial charge is 0.547 e. The monoisotopic (exact) mass is 388 g/mol. The summed E-state index contributed by atoms with van der Waals surface area (Å²) in [6.07, 6.45) is -11.6. The first-order valence-electron chi connectivity index (χ1n) is 5.73. The van der Waals surface area contributed by atoms with E-state index in [9.17, 15) is 19.8 Å². The van der Waals surface area contributed by atoms with Gasteiger partial charge in [0.25, 0.3) is 0 Å². The van der Waals surface area contributed by atoms with Crippen molar-refractivity contribution < 1.29 is 66.1 Å². The van der Waals surface area contributed by atoms with Gasteiger partial charge in [-0.3, -0.25) is 0 Å². The molecule has 0 heterocycles. The van der Waals surface area contributed by atoms with E-state index >= 15 is 0 Å². The molecule has 14 heteroatoms. The van der Waals surface area contributed by atoms with Gasteiger partial charge in [-0.25, -0.2) is 0 Å². The van der Waals surface area contributed by atoms with Crippen LogP contribution in [0.5, 0.6) is 0 Å². The van der Waals surface area contributed by atoms with Gasteiger partial charge in [0.2, 0.25) is 0 Å². The number of carbonyl (C=O) groups is 2. The van der Waals surface area contributed by atoms with E-state index < -0.39 is 61.8 Å². The van der Waals surface area contributed by atoms with Gasteiger partial charge in [-0.15, -0.1) is 0 Å². The van der Waals surface area contributed by atoms with Crippen molar-refractivity contribution >= 4 is 49.7 Å². The molecule has 0 spiro atoms. The van der Waals surface area contributed by atoms with Crippen LogP contribution in [0, 0.1) is 0 Å². The molecule has 13 nitrogen and oxygen atoms in total. The Labute approximate surface area is 165 Å². The van der Waals surface area contributed by atoms with Crippen LogP contribution in [0.2, 0.25) is 0 Å². The number of aliphatic hydroxyl groups excluding tert-OH is 8. The van der Waals surface area contributed by atoms with Crippen LogP contribution in [0.4, 0.5) is 0 Å². The minimum Gasteiger partial charge on any atom is -0.547 e. The second-order valence-corrected chi connectivity index (χ2v) is 4.01. The van der Waals surface area contributed by atoms with Crippen molar-refractivity contribution in [3.8, 4) is 0 Å². The molecule has 140 valence electrons. The fraction of sp³-hybridized carbons (Fsp3) is 0.800. The standard InChI is InChI=1S/2C5H10O6.Ca.H2O/c2*6-1-2(7)3(8)4(9)5(10)11;;/h2*2-4,6-9H,1H2,(H,10,11);;1H2/q;;+2;/p-2/t2*2-,3+,4-;;/m00../s1. The van der Waals surface area contributed by atoms with Gasteiger partial charge in [-0.1, -0.05) is 0 Å². The van der Waals surface area contributed by atoms with Gasteiger partial charge in [0, 0.05) is 0 Å². The SMILES string of the molecule is O.O=C([O-])[C@@H](O)[C@H](O)[C@@H](O)CO.O=C([O-])[C@@H](O)[C@H](O)[C@@H](O)CO.[Ca+2]. The summed E-state index contributed by atoms with van der Waals surface area (Å²) in [6, 6.07) is 0. The fourth-order valence-corrected chi connectivity index (χ4v) is 0.916. The average Bonchev–Trinajstić information content (AvgIpc) is 2.50. The molecule has 0 radical (unpaired) electrons. The number of carboxylic acids is 2. The van der Waals surface area contributed by atoms with E-state index in [0.717, 1.165) is 0 Å². The van der Waals surface area contributed by atoms with Gasteiger partial charge in [-0.05, 0) is 0 Å². The van der Waals surface area contributed by atoms with Crippen LogP contribution >= 0.6 is 0 Å². The average molecular weight is 388 g/mol. The maximum atomic E-state index is 9.85. The summed E-state index contributed by atoms with van der Waals surface area (Å²) in [5, 5.41) is 87.7. The first-order valence-corrected chi connectivity index (χ1v) is 5.73. The van der Waals surface area contributed by atoms with Crippen LogP contribution in [0.25, 0.3) is 0 Å². The molecule has 6 atom stereocenters. The van der Waals surface area contributed by atoms with E-state index in [0.29, 0.717) is 0 Å². The molecular weight excluding hydrogens is 368 g/mol. The van der Waals surface area contributed by atoms with Crippen molar-refractivity contribution in [3.63, 3.8) is 0 Å². The number of hydrogen-bond donors (Lipinski definition) is 8. The van der Waals surface area contributed by atoms with E-state index in [2.05, 4.69) is 0 Å². The zero-order chi connectivity index (χ0) is 18.0. The molecular formula is C10H20CaO13. The molecule has 0 aromatic rings. The van der Waals surface area contributed by atoms with Gasteiger partial charge in [-0.2, -0.15) is 0 Å². The number of rotatable bonds is 8. The van der Waals surface area contributed by atoms with Crippen molar-refractivity contribution in [3.05, 3.63) is 0 Å². The van der Waals surface area contributed by atoms with Crippen molar-refractivity contribution in [2.75, 3.05) is 13.2 Å². The second kappa shape index (κ2) is 16.3. The summed E-state index contributed by atoms with van der Waals surface area (Å²) in [5.41, 5.74) is 0. The quantitative estimate of drug-likeness (QED) is 0.180. The molecule has 0 amide bonds. The third-order valence-corrected chi connectivity index (χ3v) is 2.29. The van der Waals surface area contributed by atoms with Gasteiger partial charge in [0.1, 0.15) is 36.6 Å². The predicted octanol–water partition coefficient (Wildman–Crippen LogP) is -9.58. The first-order chi connectivity index (χ1) is 10.0. The van der Waals surface area contributed by atoms with E-state index in [4.69, 9.17) is 40.9 Å². The Kier molecular flexibility index (Phi) is 21.5. The number of carboxylic acid groups (broad SMARTS) is 2. The molecule has 0 saturated carbocycles. The molecule has 0 rings (SSSR count). The summed E-state index contributed by atoms with van der Waals surface area (Å²) < 4.78 is 0. The van der Waals surface area contributed by atoms with Crippen LogP contribution in [0.15, 0.2) is 0 Å². The molecule has 10 N–H and O–H groups in total. The van der Waals surface area contributed by atoms with E-state index in [1.165, 1.54) is 0 Å². The van der Waals surface area contributed by atoms with Gasteiger partial charge in [0.05, 0.1) is 25.2 Å². The van der Waals surface area contributed by atoms with Crippen molar-refractivity contribution in [2.24, 2.45) is 0 Å². The number of hydrogen-bond acceptors (Lipinski definition) is 12. The van der Waals surface area contributed by atoms with Crippen LogP contribution < -0.4 is 10.2 Å². The summed E-state index contributed by atoms with van der Waals surface area (Å²) in [4.78, 5) is 19.7. The van der Waals surface area contributed by atoms with Crippen molar-refractivity contribution in [1.29, 1.82) is 0 Å². The molecule has 0 aliphatic heterocycles. The van der Waals surface area contributed by atoms with Crippen LogP contribution in [-0.2, 0) is 9.59 Å². The van der Waals surface area contributed by atoms with Gasteiger partial charge in [0.15, 0.2) is 0 Å². The molecule has 0 saturated heterocycles. The number of aliphatic hydroxyl groups is 8. The molecule has 0 aliphatic carbocycles. The summed E-state index contributed by atoms with van der Waals surface area (Å²) in [6.45, 7) is -1.66. The Morgan fingerprint density at radius 1 is 0.708 bits per heavy atom. The molecule has 24 heavy (non-hydrogen) atoms. The largest absolute Gasteiger partial charge is 2.00 e. The Morgan fingerprint density at radius 2 is 0.917 bits per heavy atom. The third kappa shape index (κ3) is 12.2. The topological polar surface area (TPSA) is 274 Å². The first kappa shape index (κ1) is 31.6. The van der Waals surface area contributed by atoms with Gasteiger partial charge >= 0.3 is 37.7 Å². The fourth-order valence-electron chi connectivity index (χ4n) is 0.916. The zero-order valence-electron chi connectivity index (χ0n) is 12.3. The van der Waals surface area contributed by atoms with E-state index in [-0.39, 0.29) is 43.2 Å². The second-order valence-electron chi connectivity index (χ2n) is 4.01. The number of aliphatic carboxylic acids is 2. The normalized spacial score (nSPS) is 17.3. The minimum atomic E-state index is -2.18. The summed E-state index contributed by atoms with van der Waals surface area (Å²) in [7, 11) is 0. The Morgan fingerprint density at radius 3 is 1.04 bits per heavy atom. The van der Waals surface area contributed by atoms with E-state index in [1.807, 2.05) is 0 Å². The summed E-state index contributed by atoms with van der Waals surface area (Å²) >= 11 is 0. The number of carbonyl (C=O) groups excluding carboxylic acids is 2. The molecule has 0 aromatic carbocycles.